The molecule has 0 spiro atoms. The highest BCUT2D eigenvalue weighted by Gasteiger charge is 2.01. The average molecular weight is 221 g/mol. The smallest absolute Gasteiger partial charge is 0.0574 e. The zero-order valence-corrected chi connectivity index (χ0v) is 10.4. The molecule has 1 aromatic rings. The first-order valence-corrected chi connectivity index (χ1v) is 6.08. The summed E-state index contributed by atoms with van der Waals surface area (Å²) in [4.78, 5) is 2.44. The highest BCUT2D eigenvalue weighted by molar-refractivity contribution is 5.65. The minimum absolute atomic E-state index is 0.820. The molecule has 1 rings (SSSR count). The molecule has 0 aliphatic rings. The number of anilines is 2. The molecular formula is C13H23N3. The molecule has 0 bridgehead atoms. The summed E-state index contributed by atoms with van der Waals surface area (Å²) in [6.07, 6.45) is 1.21. The van der Waals surface area contributed by atoms with Gasteiger partial charge in [0.15, 0.2) is 0 Å². The number of hydrogen-bond donors (Lipinski definition) is 2. The molecule has 0 unspecified atom stereocenters. The third-order valence-corrected chi connectivity index (χ3v) is 2.69. The molecule has 0 aromatic heterocycles. The van der Waals surface area contributed by atoms with Crippen LogP contribution in [0, 0.1) is 0 Å². The van der Waals surface area contributed by atoms with E-state index in [1.54, 1.807) is 0 Å². The van der Waals surface area contributed by atoms with Crippen molar-refractivity contribution in [1.82, 2.24) is 4.90 Å². The SMILES string of the molecule is CCCN(CC)CCNc1ccccc1N. The zero-order valence-electron chi connectivity index (χ0n) is 10.4. The number of nitrogens with two attached hydrogens (primary N) is 1. The molecule has 0 heterocycles. The molecule has 0 aliphatic carbocycles. The van der Waals surface area contributed by atoms with Crippen molar-refractivity contribution in [3.63, 3.8) is 0 Å². The molecule has 3 N–H and O–H groups in total. The fraction of sp³-hybridized carbons (Fsp3) is 0.538. The van der Waals surface area contributed by atoms with E-state index in [1.165, 1.54) is 13.0 Å². The fourth-order valence-corrected chi connectivity index (χ4v) is 1.75. The second-order valence-electron chi connectivity index (χ2n) is 3.95. The Hall–Kier alpha value is -1.22. The Morgan fingerprint density at radius 1 is 1.19 bits per heavy atom. The Morgan fingerprint density at radius 3 is 2.56 bits per heavy atom. The van der Waals surface area contributed by atoms with Gasteiger partial charge in [0.2, 0.25) is 0 Å². The van der Waals surface area contributed by atoms with Crippen LogP contribution in [-0.2, 0) is 0 Å². The third kappa shape index (κ3) is 4.11. The van der Waals surface area contributed by atoms with E-state index >= 15 is 0 Å². The summed E-state index contributed by atoms with van der Waals surface area (Å²) in [6.45, 7) is 8.71. The maximum atomic E-state index is 5.85. The quantitative estimate of drug-likeness (QED) is 0.695. The summed E-state index contributed by atoms with van der Waals surface area (Å²) in [6, 6.07) is 7.90. The molecule has 1 aromatic carbocycles. The number of nitrogens with one attached hydrogen (secondary N) is 1. The van der Waals surface area contributed by atoms with E-state index in [9.17, 15) is 0 Å². The molecular weight excluding hydrogens is 198 g/mol. The normalized spacial score (nSPS) is 10.7. The lowest BCUT2D eigenvalue weighted by Crippen LogP contribution is -2.29. The van der Waals surface area contributed by atoms with Gasteiger partial charge in [-0.3, -0.25) is 0 Å². The minimum Gasteiger partial charge on any atom is -0.397 e. The van der Waals surface area contributed by atoms with E-state index in [2.05, 4.69) is 24.1 Å². The highest BCUT2D eigenvalue weighted by Crippen LogP contribution is 2.15. The number of benzene rings is 1. The number of hydrogen-bond acceptors (Lipinski definition) is 3. The lowest BCUT2D eigenvalue weighted by molar-refractivity contribution is 0.300. The number of nitrogen functional groups attached to an aromatic ring is 1. The van der Waals surface area contributed by atoms with Crippen molar-refractivity contribution in [2.45, 2.75) is 20.3 Å². The molecule has 0 fully saturated rings. The molecule has 16 heavy (non-hydrogen) atoms. The van der Waals surface area contributed by atoms with Gasteiger partial charge in [0, 0.05) is 13.1 Å². The Bertz CT molecular complexity index is 299. The van der Waals surface area contributed by atoms with Gasteiger partial charge in [-0.05, 0) is 31.6 Å². The fourth-order valence-electron chi connectivity index (χ4n) is 1.75. The van der Waals surface area contributed by atoms with Crippen LogP contribution >= 0.6 is 0 Å². The molecule has 0 atom stereocenters. The number of para-hydroxylation sites is 2. The van der Waals surface area contributed by atoms with Crippen LogP contribution in [0.1, 0.15) is 20.3 Å². The summed E-state index contributed by atoms with van der Waals surface area (Å²) in [5.74, 6) is 0. The van der Waals surface area contributed by atoms with Crippen LogP contribution in [0.15, 0.2) is 24.3 Å². The Morgan fingerprint density at radius 2 is 1.94 bits per heavy atom. The van der Waals surface area contributed by atoms with Gasteiger partial charge in [0.05, 0.1) is 11.4 Å². The molecule has 3 nitrogen and oxygen atoms in total. The predicted molar refractivity (Wildman–Crippen MR) is 71.7 cm³/mol. The molecule has 0 saturated carbocycles. The summed E-state index contributed by atoms with van der Waals surface area (Å²) in [7, 11) is 0. The number of likely N-dealkylation sites (N-methyl/N-ethyl adjacent to an activating group) is 1. The number of rotatable bonds is 7. The van der Waals surface area contributed by atoms with E-state index < -0.39 is 0 Å². The van der Waals surface area contributed by atoms with Gasteiger partial charge in [-0.2, -0.15) is 0 Å². The van der Waals surface area contributed by atoms with Gasteiger partial charge >= 0.3 is 0 Å². The molecule has 0 amide bonds. The summed E-state index contributed by atoms with van der Waals surface area (Å²) in [5, 5.41) is 3.37. The molecule has 3 heteroatoms. The topological polar surface area (TPSA) is 41.3 Å². The van der Waals surface area contributed by atoms with Gasteiger partial charge in [-0.25, -0.2) is 0 Å². The molecule has 90 valence electrons. The summed E-state index contributed by atoms with van der Waals surface area (Å²) < 4.78 is 0. The zero-order chi connectivity index (χ0) is 11.8. The van der Waals surface area contributed by atoms with Crippen LogP contribution in [0.2, 0.25) is 0 Å². The van der Waals surface area contributed by atoms with Crippen LogP contribution in [-0.4, -0.2) is 31.1 Å². The van der Waals surface area contributed by atoms with E-state index in [1.807, 2.05) is 24.3 Å². The third-order valence-electron chi connectivity index (χ3n) is 2.69. The van der Waals surface area contributed by atoms with Crippen LogP contribution in [0.3, 0.4) is 0 Å². The lowest BCUT2D eigenvalue weighted by atomic mass is 10.2. The van der Waals surface area contributed by atoms with E-state index in [0.717, 1.165) is 31.0 Å². The standard InChI is InChI=1S/C13H23N3/c1-3-10-16(4-2)11-9-15-13-8-6-5-7-12(13)14/h5-8,15H,3-4,9-11,14H2,1-2H3. The maximum Gasteiger partial charge on any atom is 0.0574 e. The van der Waals surface area contributed by atoms with Gasteiger partial charge in [0.25, 0.3) is 0 Å². The number of nitrogens with zero attached hydrogens (tertiary/aromatic N) is 1. The van der Waals surface area contributed by atoms with Crippen LogP contribution in [0.5, 0.6) is 0 Å². The van der Waals surface area contributed by atoms with Crippen molar-refractivity contribution in [2.75, 3.05) is 37.2 Å². The van der Waals surface area contributed by atoms with Crippen LogP contribution in [0.4, 0.5) is 11.4 Å². The molecule has 0 saturated heterocycles. The second kappa shape index (κ2) is 7.12. The summed E-state index contributed by atoms with van der Waals surface area (Å²) >= 11 is 0. The van der Waals surface area contributed by atoms with Crippen molar-refractivity contribution in [3.8, 4) is 0 Å². The summed E-state index contributed by atoms with van der Waals surface area (Å²) in [5.41, 5.74) is 7.71. The first-order chi connectivity index (χ1) is 7.77. The predicted octanol–water partition coefficient (Wildman–Crippen LogP) is 2.41. The van der Waals surface area contributed by atoms with Crippen molar-refractivity contribution in [2.24, 2.45) is 0 Å². The second-order valence-corrected chi connectivity index (χ2v) is 3.95. The van der Waals surface area contributed by atoms with E-state index in [-0.39, 0.29) is 0 Å². The van der Waals surface area contributed by atoms with Crippen LogP contribution in [0.25, 0.3) is 0 Å². The Labute approximate surface area is 98.6 Å². The van der Waals surface area contributed by atoms with Crippen molar-refractivity contribution in [3.05, 3.63) is 24.3 Å². The maximum absolute atomic E-state index is 5.85. The van der Waals surface area contributed by atoms with Gasteiger partial charge in [-0.1, -0.05) is 26.0 Å². The largest absolute Gasteiger partial charge is 0.397 e. The highest BCUT2D eigenvalue weighted by atomic mass is 15.1. The van der Waals surface area contributed by atoms with Crippen LogP contribution < -0.4 is 11.1 Å². The molecule has 0 aliphatic heterocycles. The monoisotopic (exact) mass is 221 g/mol. The molecule has 0 radical (unpaired) electrons. The van der Waals surface area contributed by atoms with Crippen molar-refractivity contribution >= 4 is 11.4 Å². The van der Waals surface area contributed by atoms with E-state index in [4.69, 9.17) is 5.73 Å². The van der Waals surface area contributed by atoms with Gasteiger partial charge in [0.1, 0.15) is 0 Å². The lowest BCUT2D eigenvalue weighted by Gasteiger charge is -2.20. The van der Waals surface area contributed by atoms with Crippen molar-refractivity contribution < 1.29 is 0 Å². The van der Waals surface area contributed by atoms with E-state index in [0.29, 0.717) is 0 Å². The average Bonchev–Trinajstić information content (AvgIpc) is 2.30. The Kier molecular flexibility index (Phi) is 5.72. The van der Waals surface area contributed by atoms with Gasteiger partial charge in [-0.15, -0.1) is 0 Å². The van der Waals surface area contributed by atoms with Gasteiger partial charge < -0.3 is 16.0 Å². The first-order valence-electron chi connectivity index (χ1n) is 6.08. The van der Waals surface area contributed by atoms with Crippen molar-refractivity contribution in [1.29, 1.82) is 0 Å². The minimum atomic E-state index is 0.820. The Balaban J connectivity index is 2.32. The first kappa shape index (κ1) is 12.8.